The maximum atomic E-state index is 13.0. The van der Waals surface area contributed by atoms with Crippen LogP contribution in [0.3, 0.4) is 0 Å². The lowest BCUT2D eigenvalue weighted by atomic mass is 10.1. The summed E-state index contributed by atoms with van der Waals surface area (Å²) in [5.74, 6) is 2.05. The first-order valence-electron chi connectivity index (χ1n) is 9.80. The third kappa shape index (κ3) is 3.35. The predicted octanol–water partition coefficient (Wildman–Crippen LogP) is 3.73. The van der Waals surface area contributed by atoms with Crippen LogP contribution in [0.2, 0.25) is 0 Å². The maximum absolute atomic E-state index is 13.0. The molecule has 0 atom stereocenters. The zero-order chi connectivity index (χ0) is 19.8. The van der Waals surface area contributed by atoms with Gasteiger partial charge in [-0.15, -0.1) is 0 Å². The molecule has 0 spiro atoms. The fraction of sp³-hybridized carbons (Fsp3) is 0.409. The van der Waals surface area contributed by atoms with Gasteiger partial charge < -0.3 is 9.32 Å². The molecule has 0 saturated carbocycles. The van der Waals surface area contributed by atoms with Crippen molar-refractivity contribution in [3.05, 3.63) is 64.6 Å². The van der Waals surface area contributed by atoms with E-state index < -0.39 is 0 Å². The Morgan fingerprint density at radius 3 is 2.68 bits per heavy atom. The summed E-state index contributed by atoms with van der Waals surface area (Å²) in [6.07, 6.45) is 1.08. The smallest absolute Gasteiger partial charge is 0.227 e. The van der Waals surface area contributed by atoms with E-state index in [1.807, 2.05) is 53.8 Å². The second-order valence-electron chi connectivity index (χ2n) is 7.72. The van der Waals surface area contributed by atoms with E-state index in [1.54, 1.807) is 0 Å². The second-order valence-corrected chi connectivity index (χ2v) is 7.72. The number of fused-ring (bicyclic) bond motifs is 1. The van der Waals surface area contributed by atoms with Crippen LogP contribution >= 0.6 is 0 Å². The first kappa shape index (κ1) is 18.5. The largest absolute Gasteiger partial charge is 0.445 e. The van der Waals surface area contributed by atoms with Crippen molar-refractivity contribution >= 4 is 5.91 Å². The lowest BCUT2D eigenvalue weighted by Gasteiger charge is -2.25. The highest BCUT2D eigenvalue weighted by molar-refractivity contribution is 5.79. The number of amides is 1. The van der Waals surface area contributed by atoms with Crippen LogP contribution in [0, 0.1) is 13.8 Å². The third-order valence-corrected chi connectivity index (χ3v) is 5.36. The molecule has 3 aromatic rings. The molecule has 1 aliphatic heterocycles. The molecule has 0 N–H and O–H groups in total. The number of oxazole rings is 1. The molecule has 0 aliphatic carbocycles. The van der Waals surface area contributed by atoms with Crippen molar-refractivity contribution in [2.75, 3.05) is 6.54 Å². The van der Waals surface area contributed by atoms with E-state index in [1.165, 1.54) is 0 Å². The number of carbonyl (C=O) groups excluding carboxylic acids is 1. The first-order valence-corrected chi connectivity index (χ1v) is 9.80. The average Bonchev–Trinajstić information content (AvgIpc) is 3.24. The van der Waals surface area contributed by atoms with Crippen LogP contribution in [-0.2, 0) is 24.2 Å². The Balaban J connectivity index is 1.52. The van der Waals surface area contributed by atoms with Crippen molar-refractivity contribution in [2.45, 2.75) is 53.0 Å². The minimum absolute atomic E-state index is 0.110. The monoisotopic (exact) mass is 378 g/mol. The SMILES string of the molecule is Cc1nn(-c2ccccc2)c(C)c1CC(=O)N1CCc2oc(C(C)C)nc2C1. The molecule has 2 aromatic heterocycles. The Labute approximate surface area is 165 Å². The summed E-state index contributed by atoms with van der Waals surface area (Å²) in [5.41, 5.74) is 4.82. The maximum Gasteiger partial charge on any atom is 0.227 e. The van der Waals surface area contributed by atoms with Gasteiger partial charge in [0.05, 0.1) is 24.3 Å². The van der Waals surface area contributed by atoms with Crippen molar-refractivity contribution in [3.8, 4) is 5.69 Å². The molecule has 0 saturated heterocycles. The lowest BCUT2D eigenvalue weighted by molar-refractivity contribution is -0.131. The summed E-state index contributed by atoms with van der Waals surface area (Å²) in [6.45, 7) is 9.32. The Hall–Kier alpha value is -2.89. The first-order chi connectivity index (χ1) is 13.4. The van der Waals surface area contributed by atoms with Crippen molar-refractivity contribution in [1.29, 1.82) is 0 Å². The standard InChI is InChI=1S/C22H26N4O2/c1-14(2)22-23-19-13-25(11-10-20(19)28-22)21(27)12-18-15(3)24-26(16(18)4)17-8-6-5-7-9-17/h5-9,14H,10-13H2,1-4H3. The van der Waals surface area contributed by atoms with E-state index in [4.69, 9.17) is 4.42 Å². The molecule has 0 bridgehead atoms. The highest BCUT2D eigenvalue weighted by atomic mass is 16.4. The quantitative estimate of drug-likeness (QED) is 0.694. The summed E-state index contributed by atoms with van der Waals surface area (Å²) in [7, 11) is 0. The van der Waals surface area contributed by atoms with E-state index in [0.29, 0.717) is 19.5 Å². The summed E-state index contributed by atoms with van der Waals surface area (Å²) in [6, 6.07) is 10.0. The zero-order valence-electron chi connectivity index (χ0n) is 16.9. The van der Waals surface area contributed by atoms with Crippen LogP contribution in [0.15, 0.2) is 34.7 Å². The fourth-order valence-corrected chi connectivity index (χ4v) is 3.69. The average molecular weight is 378 g/mol. The van der Waals surface area contributed by atoms with E-state index in [-0.39, 0.29) is 11.8 Å². The van der Waals surface area contributed by atoms with Gasteiger partial charge in [-0.25, -0.2) is 9.67 Å². The molecule has 6 heteroatoms. The molecule has 0 radical (unpaired) electrons. The Morgan fingerprint density at radius 1 is 1.21 bits per heavy atom. The number of para-hydroxylation sites is 1. The molecule has 1 amide bonds. The number of aromatic nitrogens is 3. The van der Waals surface area contributed by atoms with Crippen molar-refractivity contribution in [3.63, 3.8) is 0 Å². The Kier molecular flexibility index (Phi) is 4.79. The molecule has 146 valence electrons. The van der Waals surface area contributed by atoms with Crippen LogP contribution in [-0.4, -0.2) is 32.1 Å². The van der Waals surface area contributed by atoms with Crippen LogP contribution in [0.1, 0.15) is 54.1 Å². The molecule has 0 unspecified atom stereocenters. The van der Waals surface area contributed by atoms with E-state index in [0.717, 1.165) is 46.4 Å². The van der Waals surface area contributed by atoms with Crippen LogP contribution in [0.5, 0.6) is 0 Å². The highest BCUT2D eigenvalue weighted by Gasteiger charge is 2.27. The highest BCUT2D eigenvalue weighted by Crippen LogP contribution is 2.25. The molecular weight excluding hydrogens is 352 g/mol. The molecule has 6 nitrogen and oxygen atoms in total. The van der Waals surface area contributed by atoms with Gasteiger partial charge in [0.1, 0.15) is 11.5 Å². The van der Waals surface area contributed by atoms with Gasteiger partial charge in [-0.2, -0.15) is 5.10 Å². The summed E-state index contributed by atoms with van der Waals surface area (Å²) >= 11 is 0. The van der Waals surface area contributed by atoms with Gasteiger partial charge in [-0.05, 0) is 26.0 Å². The molecule has 28 heavy (non-hydrogen) atoms. The topological polar surface area (TPSA) is 64.2 Å². The van der Waals surface area contributed by atoms with Gasteiger partial charge in [0.2, 0.25) is 5.91 Å². The van der Waals surface area contributed by atoms with Crippen LogP contribution in [0.4, 0.5) is 0 Å². The number of hydrogen-bond donors (Lipinski definition) is 0. The van der Waals surface area contributed by atoms with Crippen LogP contribution in [0.25, 0.3) is 5.69 Å². The molecular formula is C22H26N4O2. The number of rotatable bonds is 4. The van der Waals surface area contributed by atoms with E-state index in [2.05, 4.69) is 23.9 Å². The van der Waals surface area contributed by atoms with Crippen molar-refractivity contribution in [2.24, 2.45) is 0 Å². The second kappa shape index (κ2) is 7.26. The zero-order valence-corrected chi connectivity index (χ0v) is 16.9. The molecule has 1 aliphatic rings. The van der Waals surface area contributed by atoms with Crippen molar-refractivity contribution in [1.82, 2.24) is 19.7 Å². The fourth-order valence-electron chi connectivity index (χ4n) is 3.69. The third-order valence-electron chi connectivity index (χ3n) is 5.36. The van der Waals surface area contributed by atoms with Gasteiger partial charge in [0.15, 0.2) is 5.89 Å². The summed E-state index contributed by atoms with van der Waals surface area (Å²) in [4.78, 5) is 19.5. The summed E-state index contributed by atoms with van der Waals surface area (Å²) < 4.78 is 7.76. The molecule has 1 aromatic carbocycles. The van der Waals surface area contributed by atoms with Gasteiger partial charge in [0.25, 0.3) is 0 Å². The number of carbonyl (C=O) groups is 1. The van der Waals surface area contributed by atoms with E-state index >= 15 is 0 Å². The molecule has 4 rings (SSSR count). The lowest BCUT2D eigenvalue weighted by Crippen LogP contribution is -2.37. The van der Waals surface area contributed by atoms with Crippen LogP contribution < -0.4 is 0 Å². The minimum atomic E-state index is 0.110. The number of hydrogen-bond acceptors (Lipinski definition) is 4. The normalized spacial score (nSPS) is 13.8. The minimum Gasteiger partial charge on any atom is -0.445 e. The molecule has 0 fully saturated rings. The number of aryl methyl sites for hydroxylation is 1. The predicted molar refractivity (Wildman–Crippen MR) is 106 cm³/mol. The van der Waals surface area contributed by atoms with Gasteiger partial charge in [-0.1, -0.05) is 32.0 Å². The van der Waals surface area contributed by atoms with Crippen molar-refractivity contribution < 1.29 is 9.21 Å². The number of benzene rings is 1. The van der Waals surface area contributed by atoms with E-state index in [9.17, 15) is 4.79 Å². The van der Waals surface area contributed by atoms with Gasteiger partial charge >= 0.3 is 0 Å². The summed E-state index contributed by atoms with van der Waals surface area (Å²) in [5, 5.41) is 4.66. The van der Waals surface area contributed by atoms with Gasteiger partial charge in [-0.3, -0.25) is 4.79 Å². The number of nitrogens with zero attached hydrogens (tertiary/aromatic N) is 4. The Morgan fingerprint density at radius 2 is 1.96 bits per heavy atom. The Bertz CT molecular complexity index is 1000. The molecule has 3 heterocycles. The van der Waals surface area contributed by atoms with Gasteiger partial charge in [0, 0.05) is 30.1 Å².